The van der Waals surface area contributed by atoms with E-state index in [9.17, 15) is 9.59 Å². The summed E-state index contributed by atoms with van der Waals surface area (Å²) in [5.41, 5.74) is 1.46. The fourth-order valence-corrected chi connectivity index (χ4v) is 4.65. The molecular formula is C15H20O3. The average Bonchev–Trinajstić information content (AvgIpc) is 2.54. The van der Waals surface area contributed by atoms with Crippen LogP contribution in [0.1, 0.15) is 52.9 Å². The summed E-state index contributed by atoms with van der Waals surface area (Å²) in [4.78, 5) is 23.7. The minimum absolute atomic E-state index is 0.154. The van der Waals surface area contributed by atoms with Crippen molar-refractivity contribution in [3.05, 3.63) is 11.1 Å². The molecule has 3 heteroatoms. The van der Waals surface area contributed by atoms with Gasteiger partial charge in [0.25, 0.3) is 0 Å². The van der Waals surface area contributed by atoms with Crippen LogP contribution in [0.5, 0.6) is 0 Å². The molecule has 1 saturated carbocycles. The summed E-state index contributed by atoms with van der Waals surface area (Å²) in [5.74, 6) is -0.283. The van der Waals surface area contributed by atoms with Crippen LogP contribution >= 0.6 is 0 Å². The van der Waals surface area contributed by atoms with Crippen molar-refractivity contribution in [3.8, 4) is 0 Å². The maximum atomic E-state index is 12.0. The Labute approximate surface area is 108 Å². The Kier molecular flexibility index (Phi) is 2.30. The van der Waals surface area contributed by atoms with Crippen molar-refractivity contribution < 1.29 is 14.3 Å². The topological polar surface area (TPSA) is 43.4 Å². The lowest BCUT2D eigenvalue weighted by molar-refractivity contribution is -0.151. The molecule has 0 spiro atoms. The van der Waals surface area contributed by atoms with E-state index in [-0.39, 0.29) is 16.8 Å². The molecule has 1 aliphatic heterocycles. The quantitative estimate of drug-likeness (QED) is 0.489. The van der Waals surface area contributed by atoms with E-state index in [1.54, 1.807) is 0 Å². The monoisotopic (exact) mass is 248 g/mol. The van der Waals surface area contributed by atoms with Crippen molar-refractivity contribution in [1.29, 1.82) is 0 Å². The van der Waals surface area contributed by atoms with Crippen molar-refractivity contribution in [3.63, 3.8) is 0 Å². The first kappa shape index (κ1) is 11.9. The molecule has 1 fully saturated rings. The minimum atomic E-state index is -0.391. The second-order valence-corrected chi connectivity index (χ2v) is 6.88. The molecule has 1 heterocycles. The minimum Gasteiger partial charge on any atom is -0.386 e. The second kappa shape index (κ2) is 3.46. The van der Waals surface area contributed by atoms with E-state index in [0.29, 0.717) is 23.5 Å². The number of cyclic esters (lactones) is 2. The van der Waals surface area contributed by atoms with Crippen LogP contribution in [0.25, 0.3) is 0 Å². The molecule has 2 atom stereocenters. The van der Waals surface area contributed by atoms with E-state index in [1.807, 2.05) is 0 Å². The molecule has 0 amide bonds. The van der Waals surface area contributed by atoms with E-state index in [2.05, 4.69) is 20.8 Å². The number of hydrogen-bond acceptors (Lipinski definition) is 3. The van der Waals surface area contributed by atoms with Crippen molar-refractivity contribution >= 4 is 11.9 Å². The van der Waals surface area contributed by atoms with E-state index in [0.717, 1.165) is 19.3 Å². The maximum absolute atomic E-state index is 12.0. The van der Waals surface area contributed by atoms with Crippen molar-refractivity contribution in [2.75, 3.05) is 0 Å². The van der Waals surface area contributed by atoms with Gasteiger partial charge in [0.2, 0.25) is 0 Å². The molecule has 0 saturated heterocycles. The van der Waals surface area contributed by atoms with Crippen LogP contribution < -0.4 is 0 Å². The summed E-state index contributed by atoms with van der Waals surface area (Å²) in [6.45, 7) is 6.75. The van der Waals surface area contributed by atoms with E-state index >= 15 is 0 Å². The summed E-state index contributed by atoms with van der Waals surface area (Å²) in [6.07, 6.45) is 5.05. The first-order chi connectivity index (χ1) is 8.36. The Balaban J connectivity index is 2.12. The van der Waals surface area contributed by atoms with E-state index in [1.165, 1.54) is 6.42 Å². The Morgan fingerprint density at radius 3 is 2.56 bits per heavy atom. The lowest BCUT2D eigenvalue weighted by Gasteiger charge is -2.53. The number of rotatable bonds is 0. The lowest BCUT2D eigenvalue weighted by Crippen LogP contribution is -2.46. The van der Waals surface area contributed by atoms with Gasteiger partial charge in [0.15, 0.2) is 0 Å². The highest BCUT2D eigenvalue weighted by atomic mass is 16.6. The molecule has 0 aromatic carbocycles. The molecule has 0 aromatic heterocycles. The number of esters is 2. The molecule has 2 aliphatic carbocycles. The van der Waals surface area contributed by atoms with Gasteiger partial charge in [-0.3, -0.25) is 0 Å². The van der Waals surface area contributed by atoms with Crippen LogP contribution in [0.4, 0.5) is 0 Å². The standard InChI is InChI=1S/C15H20O3/c1-14(2)7-4-8-15(3)10(14)6-5-9-11(15)13(17)18-12(9)16/h10H,4-8H2,1-3H3/t10-,15-/m0/s1. The first-order valence-corrected chi connectivity index (χ1v) is 6.86. The van der Waals surface area contributed by atoms with Crippen LogP contribution in [0, 0.1) is 16.7 Å². The third-order valence-electron chi connectivity index (χ3n) is 5.42. The molecule has 0 N–H and O–H groups in total. The molecule has 18 heavy (non-hydrogen) atoms. The lowest BCUT2D eigenvalue weighted by atomic mass is 9.50. The molecule has 3 rings (SSSR count). The zero-order valence-electron chi connectivity index (χ0n) is 11.3. The van der Waals surface area contributed by atoms with Crippen LogP contribution in [-0.2, 0) is 14.3 Å². The maximum Gasteiger partial charge on any atom is 0.343 e. The summed E-state index contributed by atoms with van der Waals surface area (Å²) in [6, 6.07) is 0. The Bertz CT molecular complexity index is 472. The molecule has 0 bridgehead atoms. The average molecular weight is 248 g/mol. The fourth-order valence-electron chi connectivity index (χ4n) is 4.65. The van der Waals surface area contributed by atoms with Crippen molar-refractivity contribution in [1.82, 2.24) is 0 Å². The fraction of sp³-hybridized carbons (Fsp3) is 0.733. The normalized spacial score (nSPS) is 38.3. The number of carbonyl (C=O) groups excluding carboxylic acids is 2. The largest absolute Gasteiger partial charge is 0.386 e. The third-order valence-corrected chi connectivity index (χ3v) is 5.42. The van der Waals surface area contributed by atoms with Gasteiger partial charge in [-0.15, -0.1) is 0 Å². The van der Waals surface area contributed by atoms with E-state index in [4.69, 9.17) is 4.74 Å². The van der Waals surface area contributed by atoms with Gasteiger partial charge in [-0.2, -0.15) is 0 Å². The van der Waals surface area contributed by atoms with Gasteiger partial charge in [0, 0.05) is 11.0 Å². The van der Waals surface area contributed by atoms with Crippen LogP contribution in [0.2, 0.25) is 0 Å². The summed E-state index contributed by atoms with van der Waals surface area (Å²) in [5, 5.41) is 0. The Morgan fingerprint density at radius 2 is 1.83 bits per heavy atom. The molecule has 98 valence electrons. The van der Waals surface area contributed by atoms with Gasteiger partial charge >= 0.3 is 11.9 Å². The molecular weight excluding hydrogens is 228 g/mol. The molecule has 0 aromatic rings. The predicted octanol–water partition coefficient (Wildman–Crippen LogP) is 2.99. The third kappa shape index (κ3) is 1.36. The predicted molar refractivity (Wildman–Crippen MR) is 66.6 cm³/mol. The van der Waals surface area contributed by atoms with Gasteiger partial charge in [0.1, 0.15) is 0 Å². The summed E-state index contributed by atoms with van der Waals surface area (Å²) < 4.78 is 4.84. The van der Waals surface area contributed by atoms with Crippen molar-refractivity contribution in [2.45, 2.75) is 52.9 Å². The number of fused-ring (bicyclic) bond motifs is 2. The zero-order chi connectivity index (χ0) is 13.1. The zero-order valence-corrected chi connectivity index (χ0v) is 11.3. The Morgan fingerprint density at radius 1 is 1.11 bits per heavy atom. The second-order valence-electron chi connectivity index (χ2n) is 6.88. The van der Waals surface area contributed by atoms with E-state index < -0.39 is 5.97 Å². The van der Waals surface area contributed by atoms with Crippen LogP contribution in [-0.4, -0.2) is 11.9 Å². The SMILES string of the molecule is CC1(C)CCC[C@]2(C)C3=C(CC[C@@H]12)C(=O)OC3=O. The van der Waals surface area contributed by atoms with Crippen LogP contribution in [0.15, 0.2) is 11.1 Å². The van der Waals surface area contributed by atoms with Crippen molar-refractivity contribution in [2.24, 2.45) is 16.7 Å². The Hall–Kier alpha value is -1.12. The van der Waals surface area contributed by atoms with Gasteiger partial charge in [-0.1, -0.05) is 27.2 Å². The highest BCUT2D eigenvalue weighted by Gasteiger charge is 2.56. The van der Waals surface area contributed by atoms with Crippen LogP contribution in [0.3, 0.4) is 0 Å². The van der Waals surface area contributed by atoms with Gasteiger partial charge < -0.3 is 4.74 Å². The number of ether oxygens (including phenoxy) is 1. The highest BCUT2D eigenvalue weighted by molar-refractivity contribution is 6.13. The molecule has 0 unspecified atom stereocenters. The van der Waals surface area contributed by atoms with Gasteiger partial charge in [-0.05, 0) is 37.0 Å². The molecule has 3 nitrogen and oxygen atoms in total. The molecule has 3 aliphatic rings. The number of hydrogen-bond donors (Lipinski definition) is 0. The number of carbonyl (C=O) groups is 2. The smallest absolute Gasteiger partial charge is 0.343 e. The first-order valence-electron chi connectivity index (χ1n) is 6.86. The molecule has 0 radical (unpaired) electrons. The highest BCUT2D eigenvalue weighted by Crippen LogP contribution is 2.60. The summed E-state index contributed by atoms with van der Waals surface area (Å²) >= 11 is 0. The summed E-state index contributed by atoms with van der Waals surface area (Å²) in [7, 11) is 0. The van der Waals surface area contributed by atoms with Gasteiger partial charge in [0.05, 0.1) is 5.57 Å². The van der Waals surface area contributed by atoms with Gasteiger partial charge in [-0.25, -0.2) is 9.59 Å².